The molecule has 1 nitrogen and oxygen atoms in total. The first kappa shape index (κ1) is 7.37. The second kappa shape index (κ2) is 2.06. The van der Waals surface area contributed by atoms with Crippen molar-refractivity contribution in [2.24, 2.45) is 23.2 Å². The third-order valence-corrected chi connectivity index (χ3v) is 4.92. The molecule has 0 amide bonds. The predicted octanol–water partition coefficient (Wildman–Crippen LogP) is 2.03. The third kappa shape index (κ3) is 0.585. The second-order valence-corrected chi connectivity index (χ2v) is 5.00. The Hall–Kier alpha value is -0.0400. The monoisotopic (exact) mass is 165 g/mol. The first-order chi connectivity index (χ1) is 5.83. The van der Waals surface area contributed by atoms with Crippen molar-refractivity contribution in [3.05, 3.63) is 0 Å². The Labute approximate surface area is 74.9 Å². The molecule has 0 heterocycles. The molecular formula is C11H19N. The molecule has 4 bridgehead atoms. The molecule has 0 aromatic rings. The van der Waals surface area contributed by atoms with Crippen molar-refractivity contribution in [2.45, 2.75) is 39.2 Å². The lowest BCUT2D eigenvalue weighted by Gasteiger charge is -2.14. The molecule has 0 aromatic carbocycles. The Balaban J connectivity index is 1.81. The summed E-state index contributed by atoms with van der Waals surface area (Å²) in [5.41, 5.74) is 0.845. The number of hydrogen-bond acceptors (Lipinski definition) is 1. The van der Waals surface area contributed by atoms with Crippen LogP contribution in [0, 0.1) is 23.2 Å². The Morgan fingerprint density at radius 2 is 2.25 bits per heavy atom. The van der Waals surface area contributed by atoms with Gasteiger partial charge in [0.15, 0.2) is 0 Å². The van der Waals surface area contributed by atoms with Gasteiger partial charge in [0.1, 0.15) is 0 Å². The summed E-state index contributed by atoms with van der Waals surface area (Å²) in [6.07, 6.45) is 4.55. The molecule has 4 saturated carbocycles. The SMILES string of the molecule is CCN[C@H]1[C@@H]2C[C@@H]3[C@@H]1[C@]3(CC)C2. The predicted molar refractivity (Wildman–Crippen MR) is 49.9 cm³/mol. The second-order valence-electron chi connectivity index (χ2n) is 5.00. The smallest absolute Gasteiger partial charge is 0.0132 e. The van der Waals surface area contributed by atoms with Crippen LogP contribution >= 0.6 is 0 Å². The molecule has 0 aromatic heterocycles. The van der Waals surface area contributed by atoms with Crippen molar-refractivity contribution in [1.82, 2.24) is 5.32 Å². The summed E-state index contributed by atoms with van der Waals surface area (Å²) in [4.78, 5) is 0. The third-order valence-electron chi connectivity index (χ3n) is 4.92. The van der Waals surface area contributed by atoms with Crippen molar-refractivity contribution in [2.75, 3.05) is 6.54 Å². The number of rotatable bonds is 3. The molecular weight excluding hydrogens is 146 g/mol. The normalized spacial score (nSPS) is 59.5. The summed E-state index contributed by atoms with van der Waals surface area (Å²) in [6, 6.07) is 0.917. The quantitative estimate of drug-likeness (QED) is 0.674. The molecule has 5 atom stereocenters. The maximum absolute atomic E-state index is 3.69. The summed E-state index contributed by atoms with van der Waals surface area (Å²) in [5, 5.41) is 3.69. The van der Waals surface area contributed by atoms with Gasteiger partial charge < -0.3 is 5.32 Å². The average Bonchev–Trinajstić information content (AvgIpc) is 2.49. The van der Waals surface area contributed by atoms with Crippen LogP contribution in [0.15, 0.2) is 0 Å². The van der Waals surface area contributed by atoms with E-state index in [0.717, 1.165) is 29.2 Å². The van der Waals surface area contributed by atoms with E-state index in [1.807, 2.05) is 0 Å². The molecule has 4 aliphatic rings. The van der Waals surface area contributed by atoms with Gasteiger partial charge in [0.2, 0.25) is 0 Å². The van der Waals surface area contributed by atoms with Crippen LogP contribution in [0.3, 0.4) is 0 Å². The zero-order chi connectivity index (χ0) is 8.34. The lowest BCUT2D eigenvalue weighted by atomic mass is 10.0. The Morgan fingerprint density at radius 3 is 2.75 bits per heavy atom. The highest BCUT2D eigenvalue weighted by atomic mass is 15.0. The molecule has 1 N–H and O–H groups in total. The van der Waals surface area contributed by atoms with Gasteiger partial charge >= 0.3 is 0 Å². The van der Waals surface area contributed by atoms with E-state index in [1.165, 1.54) is 13.0 Å². The van der Waals surface area contributed by atoms with Crippen molar-refractivity contribution < 1.29 is 0 Å². The average molecular weight is 165 g/mol. The summed E-state index contributed by atoms with van der Waals surface area (Å²) < 4.78 is 0. The van der Waals surface area contributed by atoms with Gasteiger partial charge in [0.05, 0.1) is 0 Å². The maximum Gasteiger partial charge on any atom is 0.0132 e. The summed E-state index contributed by atoms with van der Waals surface area (Å²) in [6.45, 7) is 5.81. The first-order valence-electron chi connectivity index (χ1n) is 5.57. The van der Waals surface area contributed by atoms with Crippen LogP contribution in [0.5, 0.6) is 0 Å². The van der Waals surface area contributed by atoms with Crippen LogP contribution in [-0.2, 0) is 0 Å². The minimum absolute atomic E-state index is 0.845. The molecule has 4 rings (SSSR count). The minimum Gasteiger partial charge on any atom is -0.314 e. The van der Waals surface area contributed by atoms with E-state index in [4.69, 9.17) is 0 Å². The lowest BCUT2D eigenvalue weighted by molar-refractivity contribution is 0.430. The van der Waals surface area contributed by atoms with Crippen LogP contribution in [-0.4, -0.2) is 12.6 Å². The van der Waals surface area contributed by atoms with Crippen molar-refractivity contribution in [3.8, 4) is 0 Å². The van der Waals surface area contributed by atoms with Gasteiger partial charge in [-0.25, -0.2) is 0 Å². The summed E-state index contributed by atoms with van der Waals surface area (Å²) >= 11 is 0. The van der Waals surface area contributed by atoms with Crippen molar-refractivity contribution >= 4 is 0 Å². The summed E-state index contributed by atoms with van der Waals surface area (Å²) in [7, 11) is 0. The highest BCUT2D eigenvalue weighted by Crippen LogP contribution is 2.80. The lowest BCUT2D eigenvalue weighted by Crippen LogP contribution is -2.32. The van der Waals surface area contributed by atoms with Gasteiger partial charge in [-0.05, 0) is 49.0 Å². The largest absolute Gasteiger partial charge is 0.314 e. The molecule has 12 heavy (non-hydrogen) atoms. The van der Waals surface area contributed by atoms with Crippen LogP contribution in [0.4, 0.5) is 0 Å². The number of hydrogen-bond donors (Lipinski definition) is 1. The standard InChI is InChI=1S/C11H19N/c1-3-11-6-7-5-8(11)9(11)10(7)12-4-2/h7-10,12H,3-6H2,1-2H3/t7-,8-,9+,10+,11-/m1/s1. The molecule has 1 heteroatoms. The minimum atomic E-state index is 0.845. The molecule has 0 spiro atoms. The van der Waals surface area contributed by atoms with E-state index in [-0.39, 0.29) is 0 Å². The van der Waals surface area contributed by atoms with Gasteiger partial charge in [0, 0.05) is 6.04 Å². The molecule has 4 aliphatic carbocycles. The van der Waals surface area contributed by atoms with Crippen LogP contribution < -0.4 is 5.32 Å². The zero-order valence-corrected chi connectivity index (χ0v) is 8.14. The van der Waals surface area contributed by atoms with Crippen molar-refractivity contribution in [3.63, 3.8) is 0 Å². The van der Waals surface area contributed by atoms with E-state index < -0.39 is 0 Å². The van der Waals surface area contributed by atoms with Gasteiger partial charge in [-0.15, -0.1) is 0 Å². The highest BCUT2D eigenvalue weighted by molar-refractivity contribution is 5.27. The van der Waals surface area contributed by atoms with Gasteiger partial charge in [-0.3, -0.25) is 0 Å². The van der Waals surface area contributed by atoms with E-state index in [0.29, 0.717) is 0 Å². The van der Waals surface area contributed by atoms with Crippen molar-refractivity contribution in [1.29, 1.82) is 0 Å². The van der Waals surface area contributed by atoms with Gasteiger partial charge in [-0.2, -0.15) is 0 Å². The van der Waals surface area contributed by atoms with E-state index in [9.17, 15) is 0 Å². The fourth-order valence-electron chi connectivity index (χ4n) is 4.52. The maximum atomic E-state index is 3.69. The molecule has 4 fully saturated rings. The topological polar surface area (TPSA) is 12.0 Å². The molecule has 0 aliphatic heterocycles. The van der Waals surface area contributed by atoms with Crippen LogP contribution in [0.1, 0.15) is 33.1 Å². The molecule has 0 radical (unpaired) electrons. The molecule has 68 valence electrons. The first-order valence-corrected chi connectivity index (χ1v) is 5.57. The molecule has 0 unspecified atom stereocenters. The van der Waals surface area contributed by atoms with Gasteiger partial charge in [0.25, 0.3) is 0 Å². The van der Waals surface area contributed by atoms with Gasteiger partial charge in [-0.1, -0.05) is 13.8 Å². The fourth-order valence-corrected chi connectivity index (χ4v) is 4.52. The van der Waals surface area contributed by atoms with Crippen LogP contribution in [0.25, 0.3) is 0 Å². The van der Waals surface area contributed by atoms with E-state index >= 15 is 0 Å². The fraction of sp³-hybridized carbons (Fsp3) is 1.00. The Morgan fingerprint density at radius 1 is 1.42 bits per heavy atom. The zero-order valence-electron chi connectivity index (χ0n) is 8.14. The molecule has 0 saturated heterocycles. The highest BCUT2D eigenvalue weighted by Gasteiger charge is 2.77. The number of nitrogens with one attached hydrogen (secondary N) is 1. The Kier molecular flexibility index (Phi) is 1.27. The summed E-state index contributed by atoms with van der Waals surface area (Å²) in [5.74, 6) is 3.28. The van der Waals surface area contributed by atoms with Crippen LogP contribution in [0.2, 0.25) is 0 Å². The Bertz CT molecular complexity index is 213. The van der Waals surface area contributed by atoms with E-state index in [1.54, 1.807) is 12.8 Å². The van der Waals surface area contributed by atoms with E-state index in [2.05, 4.69) is 19.2 Å².